The number of piperidine rings is 1. The minimum atomic E-state index is 0.686. The van der Waals surface area contributed by atoms with E-state index in [4.69, 9.17) is 11.6 Å². The van der Waals surface area contributed by atoms with E-state index in [9.17, 15) is 0 Å². The Labute approximate surface area is 122 Å². The fourth-order valence-electron chi connectivity index (χ4n) is 2.61. The molecule has 0 aromatic heterocycles. The van der Waals surface area contributed by atoms with Gasteiger partial charge in [-0.05, 0) is 49.4 Å². The molecule has 1 aliphatic heterocycles. The summed E-state index contributed by atoms with van der Waals surface area (Å²) in [6.07, 6.45) is 3.95. The van der Waals surface area contributed by atoms with Crippen molar-refractivity contribution in [3.05, 3.63) is 28.8 Å². The van der Waals surface area contributed by atoms with Crippen molar-refractivity contribution in [2.24, 2.45) is 5.92 Å². The monoisotopic (exact) mass is 280 g/mol. The van der Waals surface area contributed by atoms with E-state index in [0.717, 1.165) is 31.2 Å². The first-order valence-corrected chi connectivity index (χ1v) is 7.78. The van der Waals surface area contributed by atoms with Crippen molar-refractivity contribution in [3.63, 3.8) is 0 Å². The second-order valence-electron chi connectivity index (χ2n) is 5.85. The minimum Gasteiger partial charge on any atom is -0.371 e. The lowest BCUT2D eigenvalue weighted by Gasteiger charge is -2.31. The van der Waals surface area contributed by atoms with Crippen LogP contribution in [0.25, 0.3) is 0 Å². The zero-order chi connectivity index (χ0) is 13.7. The molecule has 2 nitrogen and oxygen atoms in total. The fraction of sp³-hybridized carbons (Fsp3) is 0.625. The SMILES string of the molecule is CC(C)CNCc1ccc(Cl)cc1N1CCCCC1. The Balaban J connectivity index is 2.08. The molecule has 106 valence electrons. The molecule has 1 aromatic carbocycles. The summed E-state index contributed by atoms with van der Waals surface area (Å²) in [5.41, 5.74) is 2.69. The normalized spacial score (nSPS) is 16.1. The molecule has 1 fully saturated rings. The van der Waals surface area contributed by atoms with Gasteiger partial charge >= 0.3 is 0 Å². The quantitative estimate of drug-likeness (QED) is 0.874. The molecular formula is C16H25ClN2. The van der Waals surface area contributed by atoms with Gasteiger partial charge in [0.05, 0.1) is 0 Å². The summed E-state index contributed by atoms with van der Waals surface area (Å²) in [5.74, 6) is 0.686. The molecule has 0 radical (unpaired) electrons. The molecule has 0 aliphatic carbocycles. The molecule has 0 amide bonds. The third kappa shape index (κ3) is 4.39. The maximum Gasteiger partial charge on any atom is 0.0426 e. The van der Waals surface area contributed by atoms with E-state index in [1.54, 1.807) is 0 Å². The fourth-order valence-corrected chi connectivity index (χ4v) is 2.78. The van der Waals surface area contributed by atoms with Crippen LogP contribution in [0.1, 0.15) is 38.7 Å². The van der Waals surface area contributed by atoms with Crippen LogP contribution in [0.5, 0.6) is 0 Å². The van der Waals surface area contributed by atoms with Gasteiger partial charge in [0.2, 0.25) is 0 Å². The van der Waals surface area contributed by atoms with Crippen molar-refractivity contribution >= 4 is 17.3 Å². The molecule has 1 aromatic rings. The average Bonchev–Trinajstić information content (AvgIpc) is 2.41. The van der Waals surface area contributed by atoms with E-state index in [2.05, 4.69) is 36.2 Å². The van der Waals surface area contributed by atoms with Crippen LogP contribution < -0.4 is 10.2 Å². The van der Waals surface area contributed by atoms with Crippen molar-refractivity contribution < 1.29 is 0 Å². The summed E-state index contributed by atoms with van der Waals surface area (Å²) in [4.78, 5) is 2.49. The third-order valence-electron chi connectivity index (χ3n) is 3.61. The van der Waals surface area contributed by atoms with Gasteiger partial charge in [-0.3, -0.25) is 0 Å². The highest BCUT2D eigenvalue weighted by Crippen LogP contribution is 2.27. The lowest BCUT2D eigenvalue weighted by Crippen LogP contribution is -2.31. The van der Waals surface area contributed by atoms with E-state index in [-0.39, 0.29) is 0 Å². The van der Waals surface area contributed by atoms with Crippen LogP contribution in [0.15, 0.2) is 18.2 Å². The first-order valence-electron chi connectivity index (χ1n) is 7.41. The van der Waals surface area contributed by atoms with Crippen molar-refractivity contribution in [3.8, 4) is 0 Å². The van der Waals surface area contributed by atoms with Gasteiger partial charge in [0.25, 0.3) is 0 Å². The highest BCUT2D eigenvalue weighted by atomic mass is 35.5. The first-order chi connectivity index (χ1) is 9.16. The van der Waals surface area contributed by atoms with E-state index in [0.29, 0.717) is 5.92 Å². The van der Waals surface area contributed by atoms with Gasteiger partial charge in [-0.1, -0.05) is 31.5 Å². The predicted molar refractivity (Wildman–Crippen MR) is 84.1 cm³/mol. The molecule has 0 bridgehead atoms. The van der Waals surface area contributed by atoms with Crippen molar-refractivity contribution in [1.82, 2.24) is 5.32 Å². The number of hydrogen-bond donors (Lipinski definition) is 1. The molecular weight excluding hydrogens is 256 g/mol. The highest BCUT2D eigenvalue weighted by Gasteiger charge is 2.14. The van der Waals surface area contributed by atoms with Gasteiger partial charge in [0.15, 0.2) is 0 Å². The number of hydrogen-bond acceptors (Lipinski definition) is 2. The number of benzene rings is 1. The van der Waals surface area contributed by atoms with Crippen molar-refractivity contribution in [1.29, 1.82) is 0 Å². The molecule has 1 aliphatic rings. The predicted octanol–water partition coefficient (Wildman–Crippen LogP) is 4.08. The molecule has 1 saturated heterocycles. The minimum absolute atomic E-state index is 0.686. The van der Waals surface area contributed by atoms with Crippen LogP contribution in [0.3, 0.4) is 0 Å². The summed E-state index contributed by atoms with van der Waals surface area (Å²) in [6.45, 7) is 8.79. The number of nitrogens with zero attached hydrogens (tertiary/aromatic N) is 1. The van der Waals surface area contributed by atoms with Crippen LogP contribution in [-0.4, -0.2) is 19.6 Å². The van der Waals surface area contributed by atoms with Crippen LogP contribution in [-0.2, 0) is 6.54 Å². The highest BCUT2D eigenvalue weighted by molar-refractivity contribution is 6.30. The van der Waals surface area contributed by atoms with Crippen LogP contribution in [0, 0.1) is 5.92 Å². The summed E-state index contributed by atoms with van der Waals surface area (Å²) in [7, 11) is 0. The Bertz CT molecular complexity index is 398. The molecule has 0 saturated carbocycles. The summed E-state index contributed by atoms with van der Waals surface area (Å²) < 4.78 is 0. The Kier molecular flexibility index (Phi) is 5.53. The Morgan fingerprint density at radius 1 is 1.21 bits per heavy atom. The van der Waals surface area contributed by atoms with Gasteiger partial charge in [0.1, 0.15) is 0 Å². The van der Waals surface area contributed by atoms with Crippen molar-refractivity contribution in [2.45, 2.75) is 39.7 Å². The second-order valence-corrected chi connectivity index (χ2v) is 6.28. The lowest BCUT2D eigenvalue weighted by molar-refractivity contribution is 0.547. The van der Waals surface area contributed by atoms with Gasteiger partial charge in [-0.15, -0.1) is 0 Å². The van der Waals surface area contributed by atoms with E-state index >= 15 is 0 Å². The van der Waals surface area contributed by atoms with Gasteiger partial charge in [0, 0.05) is 30.3 Å². The zero-order valence-electron chi connectivity index (χ0n) is 12.1. The number of halogens is 1. The molecule has 19 heavy (non-hydrogen) atoms. The van der Waals surface area contributed by atoms with E-state index in [1.165, 1.54) is 30.5 Å². The number of nitrogens with one attached hydrogen (secondary N) is 1. The second kappa shape index (κ2) is 7.16. The molecule has 1 N–H and O–H groups in total. The van der Waals surface area contributed by atoms with E-state index < -0.39 is 0 Å². The first kappa shape index (κ1) is 14.7. The molecule has 0 atom stereocenters. The van der Waals surface area contributed by atoms with Crippen LogP contribution >= 0.6 is 11.6 Å². The Morgan fingerprint density at radius 3 is 2.63 bits per heavy atom. The molecule has 3 heteroatoms. The Morgan fingerprint density at radius 2 is 1.95 bits per heavy atom. The smallest absolute Gasteiger partial charge is 0.0426 e. The van der Waals surface area contributed by atoms with Crippen molar-refractivity contribution in [2.75, 3.05) is 24.5 Å². The average molecular weight is 281 g/mol. The van der Waals surface area contributed by atoms with Crippen LogP contribution in [0.4, 0.5) is 5.69 Å². The number of rotatable bonds is 5. The zero-order valence-corrected chi connectivity index (χ0v) is 12.8. The molecule has 2 rings (SSSR count). The molecule has 0 unspecified atom stereocenters. The Hall–Kier alpha value is -0.730. The standard InChI is InChI=1S/C16H25ClN2/c1-13(2)11-18-12-14-6-7-15(17)10-16(14)19-8-4-3-5-9-19/h6-7,10,13,18H,3-5,8-9,11-12H2,1-2H3. The lowest BCUT2D eigenvalue weighted by atomic mass is 10.1. The third-order valence-corrected chi connectivity index (χ3v) is 3.85. The topological polar surface area (TPSA) is 15.3 Å². The van der Waals surface area contributed by atoms with E-state index in [1.807, 2.05) is 6.07 Å². The molecule has 0 spiro atoms. The maximum atomic E-state index is 6.17. The summed E-state index contributed by atoms with van der Waals surface area (Å²) >= 11 is 6.17. The maximum absolute atomic E-state index is 6.17. The number of anilines is 1. The van der Waals surface area contributed by atoms with Gasteiger partial charge in [-0.25, -0.2) is 0 Å². The summed E-state index contributed by atoms with van der Waals surface area (Å²) in [6, 6.07) is 6.29. The molecule has 1 heterocycles. The summed E-state index contributed by atoms with van der Waals surface area (Å²) in [5, 5.41) is 4.37. The van der Waals surface area contributed by atoms with Crippen LogP contribution in [0.2, 0.25) is 5.02 Å². The largest absolute Gasteiger partial charge is 0.371 e. The van der Waals surface area contributed by atoms with Gasteiger partial charge < -0.3 is 10.2 Å². The van der Waals surface area contributed by atoms with Gasteiger partial charge in [-0.2, -0.15) is 0 Å².